The molecule has 2 aromatic carbocycles. The Morgan fingerprint density at radius 1 is 0.967 bits per heavy atom. The lowest BCUT2D eigenvalue weighted by atomic mass is 9.67. The third-order valence-electron chi connectivity index (χ3n) is 5.61. The van der Waals surface area contributed by atoms with E-state index in [2.05, 4.69) is 40.1 Å². The molecule has 1 N–H and O–H groups in total. The molecule has 0 atom stereocenters. The van der Waals surface area contributed by atoms with Gasteiger partial charge in [0.25, 0.3) is 0 Å². The molecule has 0 aliphatic heterocycles. The van der Waals surface area contributed by atoms with Crippen LogP contribution in [0.2, 0.25) is 0 Å². The number of pyridine rings is 1. The highest BCUT2D eigenvalue weighted by atomic mass is 15.0. The van der Waals surface area contributed by atoms with Crippen molar-refractivity contribution in [3.05, 3.63) is 66.3 Å². The molecule has 0 saturated carbocycles. The molecule has 4 rings (SSSR count). The molecule has 0 saturated heterocycles. The van der Waals surface area contributed by atoms with Gasteiger partial charge < -0.3 is 9.88 Å². The van der Waals surface area contributed by atoms with Crippen molar-refractivity contribution in [3.8, 4) is 11.3 Å². The summed E-state index contributed by atoms with van der Waals surface area (Å²) in [7, 11) is 20.4. The standard InChI is InChI=1S/C23H19B3N4/c1-12-13(2)21(24)23(26)22(25)20(12)14(3)29-19-8-17-7-15(5-6-16(17)9-28-19)18-10-27-11-30(18)4/h5-11H,3H2,1-2,4H3,(H,28,29). The van der Waals surface area contributed by atoms with Crippen LogP contribution in [-0.4, -0.2) is 38.1 Å². The number of aryl methyl sites for hydroxylation is 1. The summed E-state index contributed by atoms with van der Waals surface area (Å²) in [4.78, 5) is 8.72. The van der Waals surface area contributed by atoms with Gasteiger partial charge in [-0.2, -0.15) is 0 Å². The number of hydrogen-bond acceptors (Lipinski definition) is 3. The van der Waals surface area contributed by atoms with Crippen LogP contribution >= 0.6 is 0 Å². The van der Waals surface area contributed by atoms with E-state index in [1.807, 2.05) is 43.9 Å². The van der Waals surface area contributed by atoms with Gasteiger partial charge in [-0.3, -0.25) is 0 Å². The lowest BCUT2D eigenvalue weighted by Crippen LogP contribution is -2.43. The second-order valence-corrected chi connectivity index (χ2v) is 7.49. The first kappa shape index (κ1) is 20.1. The summed E-state index contributed by atoms with van der Waals surface area (Å²) < 4.78 is 1.99. The maximum atomic E-state index is 6.25. The monoisotopic (exact) mass is 384 g/mol. The van der Waals surface area contributed by atoms with Gasteiger partial charge in [-0.25, -0.2) is 9.97 Å². The zero-order valence-corrected chi connectivity index (χ0v) is 17.3. The highest BCUT2D eigenvalue weighted by molar-refractivity contribution is 6.58. The van der Waals surface area contributed by atoms with Gasteiger partial charge in [-0.15, -0.1) is 10.9 Å². The van der Waals surface area contributed by atoms with Gasteiger partial charge in [0.1, 0.15) is 29.4 Å². The third kappa shape index (κ3) is 3.34. The number of anilines is 1. The number of nitrogens with one attached hydrogen (secondary N) is 1. The molecule has 2 heterocycles. The number of aromatic nitrogens is 3. The number of rotatable bonds is 4. The molecule has 6 radical (unpaired) electrons. The maximum absolute atomic E-state index is 6.25. The van der Waals surface area contributed by atoms with Gasteiger partial charge in [-0.1, -0.05) is 29.7 Å². The molecule has 0 aliphatic carbocycles. The summed E-state index contributed by atoms with van der Waals surface area (Å²) in [5.41, 5.74) is 6.65. The van der Waals surface area contributed by atoms with E-state index in [4.69, 9.17) is 23.5 Å². The fourth-order valence-corrected chi connectivity index (χ4v) is 3.68. The lowest BCUT2D eigenvalue weighted by molar-refractivity contribution is 0.921. The van der Waals surface area contributed by atoms with Gasteiger partial charge in [0.2, 0.25) is 0 Å². The average Bonchev–Trinajstić information content (AvgIpc) is 3.16. The summed E-state index contributed by atoms with van der Waals surface area (Å²) in [5.74, 6) is 0.668. The smallest absolute Gasteiger partial charge is 0.130 e. The Kier molecular flexibility index (Phi) is 5.06. The third-order valence-corrected chi connectivity index (χ3v) is 5.61. The molecule has 0 aliphatic rings. The minimum Gasteiger partial charge on any atom is -0.340 e. The minimum atomic E-state index is 0.378. The Morgan fingerprint density at radius 2 is 1.73 bits per heavy atom. The van der Waals surface area contributed by atoms with Crippen LogP contribution in [0.3, 0.4) is 0 Å². The van der Waals surface area contributed by atoms with Gasteiger partial charge in [0.15, 0.2) is 0 Å². The van der Waals surface area contributed by atoms with Crippen molar-refractivity contribution < 1.29 is 0 Å². The van der Waals surface area contributed by atoms with E-state index in [0.29, 0.717) is 27.9 Å². The number of fused-ring (bicyclic) bond motifs is 1. The molecule has 4 nitrogen and oxygen atoms in total. The van der Waals surface area contributed by atoms with Crippen LogP contribution in [0.4, 0.5) is 5.82 Å². The number of imidazole rings is 1. The molecular formula is C23H19B3N4. The first-order valence-electron chi connectivity index (χ1n) is 9.54. The van der Waals surface area contributed by atoms with Crippen LogP contribution < -0.4 is 21.7 Å². The molecule has 30 heavy (non-hydrogen) atoms. The van der Waals surface area contributed by atoms with E-state index < -0.39 is 0 Å². The van der Waals surface area contributed by atoms with Gasteiger partial charge in [-0.05, 0) is 42.5 Å². The Balaban J connectivity index is 1.71. The summed E-state index contributed by atoms with van der Waals surface area (Å²) in [6.07, 6.45) is 5.47. The molecule has 140 valence electrons. The van der Waals surface area contributed by atoms with Crippen molar-refractivity contribution in [1.29, 1.82) is 0 Å². The molecular weight excluding hydrogens is 365 g/mol. The van der Waals surface area contributed by atoms with Crippen LogP contribution in [0.5, 0.6) is 0 Å². The van der Waals surface area contributed by atoms with E-state index in [-0.39, 0.29) is 0 Å². The van der Waals surface area contributed by atoms with Crippen molar-refractivity contribution >= 4 is 62.2 Å². The Bertz CT molecular complexity index is 1280. The van der Waals surface area contributed by atoms with E-state index in [0.717, 1.165) is 38.7 Å². The van der Waals surface area contributed by atoms with Crippen molar-refractivity contribution in [2.75, 3.05) is 5.32 Å². The normalized spacial score (nSPS) is 11.0. The Hall–Kier alpha value is -3.21. The molecule has 7 heteroatoms. The van der Waals surface area contributed by atoms with Crippen molar-refractivity contribution in [2.45, 2.75) is 13.8 Å². The fraction of sp³-hybridized carbons (Fsp3) is 0.130. The highest BCUT2D eigenvalue weighted by Crippen LogP contribution is 2.26. The maximum Gasteiger partial charge on any atom is 0.130 e. The molecule has 4 aromatic rings. The quantitative estimate of drug-likeness (QED) is 0.546. The van der Waals surface area contributed by atoms with Crippen LogP contribution in [-0.2, 0) is 7.05 Å². The summed E-state index contributed by atoms with van der Waals surface area (Å²) in [6.45, 7) is 8.04. The van der Waals surface area contributed by atoms with Crippen molar-refractivity contribution in [2.24, 2.45) is 7.05 Å². The van der Waals surface area contributed by atoms with E-state index in [9.17, 15) is 0 Å². The van der Waals surface area contributed by atoms with Crippen LogP contribution in [0.25, 0.3) is 27.7 Å². The van der Waals surface area contributed by atoms with Gasteiger partial charge in [0.05, 0.1) is 18.2 Å². The summed E-state index contributed by atoms with van der Waals surface area (Å²) in [5, 5.41) is 5.37. The first-order valence-corrected chi connectivity index (χ1v) is 9.54. The topological polar surface area (TPSA) is 42.7 Å². The average molecular weight is 384 g/mol. The van der Waals surface area contributed by atoms with E-state index >= 15 is 0 Å². The molecule has 0 unspecified atom stereocenters. The summed E-state index contributed by atoms with van der Waals surface area (Å²) >= 11 is 0. The van der Waals surface area contributed by atoms with E-state index in [1.165, 1.54) is 0 Å². The second-order valence-electron chi connectivity index (χ2n) is 7.49. The molecule has 0 fully saturated rings. The Labute approximate surface area is 180 Å². The van der Waals surface area contributed by atoms with Gasteiger partial charge >= 0.3 is 0 Å². The Morgan fingerprint density at radius 3 is 2.43 bits per heavy atom. The predicted octanol–water partition coefficient (Wildman–Crippen LogP) is 1.72. The van der Waals surface area contributed by atoms with Crippen molar-refractivity contribution in [3.63, 3.8) is 0 Å². The van der Waals surface area contributed by atoms with Crippen LogP contribution in [0, 0.1) is 13.8 Å². The lowest BCUT2D eigenvalue weighted by Gasteiger charge is -2.22. The van der Waals surface area contributed by atoms with Crippen LogP contribution in [0.15, 0.2) is 49.6 Å². The van der Waals surface area contributed by atoms with Gasteiger partial charge in [0, 0.05) is 29.9 Å². The highest BCUT2D eigenvalue weighted by Gasteiger charge is 2.14. The molecule has 0 bridgehead atoms. The largest absolute Gasteiger partial charge is 0.340 e. The number of nitrogens with zero attached hydrogens (tertiary/aromatic N) is 3. The summed E-state index contributed by atoms with van der Waals surface area (Å²) in [6, 6.07) is 8.22. The minimum absolute atomic E-state index is 0.378. The van der Waals surface area contributed by atoms with Crippen LogP contribution in [0.1, 0.15) is 16.7 Å². The zero-order chi connectivity index (χ0) is 21.6. The number of benzene rings is 2. The predicted molar refractivity (Wildman–Crippen MR) is 129 cm³/mol. The fourth-order valence-electron chi connectivity index (χ4n) is 3.68. The van der Waals surface area contributed by atoms with E-state index in [1.54, 1.807) is 6.33 Å². The number of hydrogen-bond donors (Lipinski definition) is 1. The molecule has 2 aromatic heterocycles. The van der Waals surface area contributed by atoms with Crippen molar-refractivity contribution in [1.82, 2.24) is 14.5 Å². The second kappa shape index (κ2) is 7.56. The zero-order valence-electron chi connectivity index (χ0n) is 17.3. The molecule has 0 amide bonds. The SMILES string of the molecule is [B]c1c([B])c(C)c(C)c(C(=C)Nc2cc3cc(-c4cncn4C)ccc3cn2)c1[B]. The first-order chi connectivity index (χ1) is 14.3. The molecule has 0 spiro atoms.